The molecule has 2 aromatic carbocycles. The molecule has 0 N–H and O–H groups in total. The molecule has 0 amide bonds. The number of carbonyl (C=O) groups excluding carboxylic acids is 1. The predicted octanol–water partition coefficient (Wildman–Crippen LogP) is 2.76. The van der Waals surface area contributed by atoms with Crippen LogP contribution in [0.4, 0.5) is 0 Å². The SMILES string of the molecule is COC(=O)C1(Cc2cc(OC)c(OC)c(OC)c2)COc2ccccc21. The minimum Gasteiger partial charge on any atom is -0.493 e. The van der Waals surface area contributed by atoms with Crippen LogP contribution in [0.1, 0.15) is 11.1 Å². The zero-order valence-electron chi connectivity index (χ0n) is 15.3. The van der Waals surface area contributed by atoms with E-state index in [1.54, 1.807) is 21.3 Å². The highest BCUT2D eigenvalue weighted by molar-refractivity contribution is 5.86. The van der Waals surface area contributed by atoms with E-state index in [0.29, 0.717) is 29.4 Å². The van der Waals surface area contributed by atoms with E-state index in [1.165, 1.54) is 7.11 Å². The number of methoxy groups -OCH3 is 4. The highest BCUT2D eigenvalue weighted by Crippen LogP contribution is 2.44. The Bertz CT molecular complexity index is 791. The van der Waals surface area contributed by atoms with Crippen LogP contribution in [0.15, 0.2) is 36.4 Å². The lowest BCUT2D eigenvalue weighted by Crippen LogP contribution is -2.40. The number of rotatable bonds is 6. The van der Waals surface area contributed by atoms with Gasteiger partial charge >= 0.3 is 5.97 Å². The van der Waals surface area contributed by atoms with Crippen molar-refractivity contribution < 1.29 is 28.5 Å². The first-order chi connectivity index (χ1) is 12.6. The first-order valence-electron chi connectivity index (χ1n) is 8.19. The third kappa shape index (κ3) is 2.81. The molecule has 26 heavy (non-hydrogen) atoms. The highest BCUT2D eigenvalue weighted by atomic mass is 16.5. The second kappa shape index (κ2) is 7.15. The van der Waals surface area contributed by atoms with E-state index in [2.05, 4.69) is 0 Å². The zero-order chi connectivity index (χ0) is 18.7. The van der Waals surface area contributed by atoms with Gasteiger partial charge < -0.3 is 23.7 Å². The normalized spacial score (nSPS) is 17.8. The van der Waals surface area contributed by atoms with E-state index in [9.17, 15) is 4.79 Å². The summed E-state index contributed by atoms with van der Waals surface area (Å²) in [6.45, 7) is 0.218. The second-order valence-electron chi connectivity index (χ2n) is 6.07. The van der Waals surface area contributed by atoms with Gasteiger partial charge in [-0.1, -0.05) is 18.2 Å². The minimum absolute atomic E-state index is 0.218. The average molecular weight is 358 g/mol. The fourth-order valence-corrected chi connectivity index (χ4v) is 3.44. The van der Waals surface area contributed by atoms with Crippen LogP contribution in [-0.4, -0.2) is 41.0 Å². The monoisotopic (exact) mass is 358 g/mol. The fourth-order valence-electron chi connectivity index (χ4n) is 3.44. The molecule has 1 aliphatic rings. The van der Waals surface area contributed by atoms with Crippen LogP contribution in [0.5, 0.6) is 23.0 Å². The van der Waals surface area contributed by atoms with E-state index in [4.69, 9.17) is 23.7 Å². The van der Waals surface area contributed by atoms with Crippen molar-refractivity contribution in [3.05, 3.63) is 47.5 Å². The lowest BCUT2D eigenvalue weighted by molar-refractivity contribution is -0.148. The van der Waals surface area contributed by atoms with E-state index in [-0.39, 0.29) is 12.6 Å². The summed E-state index contributed by atoms with van der Waals surface area (Å²) in [7, 11) is 6.06. The van der Waals surface area contributed by atoms with Gasteiger partial charge in [0.25, 0.3) is 0 Å². The molecule has 0 saturated heterocycles. The number of fused-ring (bicyclic) bond motifs is 1. The Morgan fingerprint density at radius 1 is 1.04 bits per heavy atom. The smallest absolute Gasteiger partial charge is 0.320 e. The fraction of sp³-hybridized carbons (Fsp3) is 0.350. The van der Waals surface area contributed by atoms with Gasteiger partial charge in [0.15, 0.2) is 11.5 Å². The van der Waals surface area contributed by atoms with Crippen molar-refractivity contribution in [3.63, 3.8) is 0 Å². The minimum atomic E-state index is -0.921. The maximum Gasteiger partial charge on any atom is 0.320 e. The van der Waals surface area contributed by atoms with Gasteiger partial charge in [-0.15, -0.1) is 0 Å². The quantitative estimate of drug-likeness (QED) is 0.740. The van der Waals surface area contributed by atoms with Crippen molar-refractivity contribution in [2.45, 2.75) is 11.8 Å². The maximum atomic E-state index is 12.7. The number of esters is 1. The summed E-state index contributed by atoms with van der Waals surface area (Å²) in [4.78, 5) is 12.7. The lowest BCUT2D eigenvalue weighted by Gasteiger charge is -2.26. The van der Waals surface area contributed by atoms with Crippen LogP contribution in [0.3, 0.4) is 0 Å². The van der Waals surface area contributed by atoms with Crippen molar-refractivity contribution in [3.8, 4) is 23.0 Å². The summed E-state index contributed by atoms with van der Waals surface area (Å²) in [5, 5.41) is 0. The molecule has 0 radical (unpaired) electrons. The van der Waals surface area contributed by atoms with Crippen LogP contribution in [0.2, 0.25) is 0 Å². The molecule has 1 unspecified atom stereocenters. The first-order valence-corrected chi connectivity index (χ1v) is 8.19. The molecule has 0 spiro atoms. The summed E-state index contributed by atoms with van der Waals surface area (Å²) in [6.07, 6.45) is 0.382. The van der Waals surface area contributed by atoms with Crippen LogP contribution < -0.4 is 18.9 Å². The summed E-state index contributed by atoms with van der Waals surface area (Å²) in [5.41, 5.74) is 0.751. The van der Waals surface area contributed by atoms with E-state index in [0.717, 1.165) is 11.1 Å². The highest BCUT2D eigenvalue weighted by Gasteiger charge is 2.48. The molecule has 0 aromatic heterocycles. The number of para-hydroxylation sites is 1. The third-order valence-corrected chi connectivity index (χ3v) is 4.68. The Balaban J connectivity index is 2.09. The molecule has 2 aromatic rings. The molecule has 0 aliphatic carbocycles. The Labute approximate surface area is 152 Å². The molecule has 1 atom stereocenters. The van der Waals surface area contributed by atoms with Crippen molar-refractivity contribution in [2.24, 2.45) is 0 Å². The number of hydrogen-bond donors (Lipinski definition) is 0. The van der Waals surface area contributed by atoms with Gasteiger partial charge in [-0.3, -0.25) is 4.79 Å². The number of benzene rings is 2. The third-order valence-electron chi connectivity index (χ3n) is 4.68. The Morgan fingerprint density at radius 2 is 1.69 bits per heavy atom. The largest absolute Gasteiger partial charge is 0.493 e. The zero-order valence-corrected chi connectivity index (χ0v) is 15.3. The predicted molar refractivity (Wildman–Crippen MR) is 95.4 cm³/mol. The summed E-state index contributed by atoms with van der Waals surface area (Å²) in [6, 6.07) is 11.2. The Morgan fingerprint density at radius 3 is 2.27 bits per heavy atom. The van der Waals surface area contributed by atoms with Gasteiger partial charge in [-0.25, -0.2) is 0 Å². The van der Waals surface area contributed by atoms with Crippen LogP contribution in [-0.2, 0) is 21.4 Å². The van der Waals surface area contributed by atoms with Crippen LogP contribution >= 0.6 is 0 Å². The molecule has 1 heterocycles. The molecule has 1 aliphatic heterocycles. The van der Waals surface area contributed by atoms with E-state index < -0.39 is 5.41 Å². The Kier molecular flexibility index (Phi) is 4.93. The van der Waals surface area contributed by atoms with Gasteiger partial charge in [-0.2, -0.15) is 0 Å². The van der Waals surface area contributed by atoms with Crippen molar-refractivity contribution >= 4 is 5.97 Å². The molecule has 138 valence electrons. The van der Waals surface area contributed by atoms with Gasteiger partial charge in [0, 0.05) is 5.56 Å². The molecule has 0 saturated carbocycles. The summed E-state index contributed by atoms with van der Waals surface area (Å²) < 4.78 is 27.1. The van der Waals surface area contributed by atoms with E-state index in [1.807, 2.05) is 36.4 Å². The number of carbonyl (C=O) groups is 1. The van der Waals surface area contributed by atoms with Gasteiger partial charge in [0.2, 0.25) is 5.75 Å². The molecule has 3 rings (SSSR count). The number of hydrogen-bond acceptors (Lipinski definition) is 6. The molecule has 0 fully saturated rings. The van der Waals surface area contributed by atoms with Crippen molar-refractivity contribution in [2.75, 3.05) is 35.0 Å². The first kappa shape index (κ1) is 17.9. The second-order valence-corrected chi connectivity index (χ2v) is 6.07. The summed E-state index contributed by atoms with van der Waals surface area (Å²) in [5.74, 6) is 1.94. The van der Waals surface area contributed by atoms with E-state index >= 15 is 0 Å². The Hall–Kier alpha value is -2.89. The molecular formula is C20H22O6. The maximum absolute atomic E-state index is 12.7. The molecule has 6 heteroatoms. The van der Waals surface area contributed by atoms with Crippen LogP contribution in [0.25, 0.3) is 0 Å². The van der Waals surface area contributed by atoms with Gasteiger partial charge in [0.1, 0.15) is 17.8 Å². The molecular weight excluding hydrogens is 336 g/mol. The van der Waals surface area contributed by atoms with Crippen LogP contribution in [0, 0.1) is 0 Å². The van der Waals surface area contributed by atoms with Crippen molar-refractivity contribution in [1.82, 2.24) is 0 Å². The average Bonchev–Trinajstić information content (AvgIpc) is 3.06. The summed E-state index contributed by atoms with van der Waals surface area (Å²) >= 11 is 0. The van der Waals surface area contributed by atoms with Crippen molar-refractivity contribution in [1.29, 1.82) is 0 Å². The van der Waals surface area contributed by atoms with Gasteiger partial charge in [-0.05, 0) is 30.2 Å². The van der Waals surface area contributed by atoms with Gasteiger partial charge in [0.05, 0.1) is 28.4 Å². The molecule has 6 nitrogen and oxygen atoms in total. The lowest BCUT2D eigenvalue weighted by atomic mass is 9.77. The number of ether oxygens (including phenoxy) is 5. The molecule has 0 bridgehead atoms. The standard InChI is InChI=1S/C20H22O6/c1-22-16-9-13(10-17(23-2)18(16)24-3)11-20(19(21)25-4)12-26-15-8-6-5-7-14(15)20/h5-10H,11-12H2,1-4H3. The topological polar surface area (TPSA) is 63.2 Å².